The molecule has 0 saturated heterocycles. The Labute approximate surface area is 131 Å². The summed E-state index contributed by atoms with van der Waals surface area (Å²) in [7, 11) is 0. The zero-order chi connectivity index (χ0) is 14.8. The molecule has 0 radical (unpaired) electrons. The number of hydrogen-bond acceptors (Lipinski definition) is 2. The molecule has 0 aromatic carbocycles. The fraction of sp³-hybridized carbons (Fsp3) is 0.706. The van der Waals surface area contributed by atoms with Gasteiger partial charge >= 0.3 is 0 Å². The number of alkyl halides is 1. The summed E-state index contributed by atoms with van der Waals surface area (Å²) in [5.74, 6) is 0.324. The van der Waals surface area contributed by atoms with Crippen molar-refractivity contribution in [1.29, 1.82) is 0 Å². The van der Waals surface area contributed by atoms with E-state index in [0.29, 0.717) is 11.9 Å². The first-order chi connectivity index (χ1) is 10.2. The summed E-state index contributed by atoms with van der Waals surface area (Å²) in [6, 6.07) is 2.46. The number of fused-ring (bicyclic) bond motifs is 1. The van der Waals surface area contributed by atoms with Crippen LogP contribution in [0.5, 0.6) is 0 Å². The zero-order valence-electron chi connectivity index (χ0n) is 12.9. The number of pyridine rings is 1. The minimum atomic E-state index is 0.167. The molecule has 3 rings (SSSR count). The fourth-order valence-corrected chi connectivity index (χ4v) is 4.07. The third kappa shape index (κ3) is 2.91. The van der Waals surface area contributed by atoms with Gasteiger partial charge in [-0.15, -0.1) is 11.6 Å². The molecule has 0 unspecified atom stereocenters. The Morgan fingerprint density at radius 1 is 1.29 bits per heavy atom. The van der Waals surface area contributed by atoms with Gasteiger partial charge in [0.25, 0.3) is 5.56 Å². The summed E-state index contributed by atoms with van der Waals surface area (Å²) in [6.45, 7) is 5.29. The Balaban J connectivity index is 2.06. The Kier molecular flexibility index (Phi) is 4.70. The van der Waals surface area contributed by atoms with E-state index in [9.17, 15) is 4.79 Å². The number of hydrogen-bond donors (Lipinski definition) is 0. The van der Waals surface area contributed by atoms with Gasteiger partial charge in [0.1, 0.15) is 0 Å². The highest BCUT2D eigenvalue weighted by Gasteiger charge is 2.25. The normalized spacial score (nSPS) is 20.5. The van der Waals surface area contributed by atoms with E-state index < -0.39 is 0 Å². The third-order valence-electron chi connectivity index (χ3n) is 5.09. The lowest BCUT2D eigenvalue weighted by atomic mass is 9.93. The largest absolute Gasteiger partial charge is 0.309 e. The molecule has 1 saturated carbocycles. The summed E-state index contributed by atoms with van der Waals surface area (Å²) in [5, 5.41) is 0. The summed E-state index contributed by atoms with van der Waals surface area (Å²) >= 11 is 6.03. The van der Waals surface area contributed by atoms with Gasteiger partial charge in [-0.3, -0.25) is 9.69 Å². The number of halogens is 1. The predicted molar refractivity (Wildman–Crippen MR) is 87.0 cm³/mol. The molecule has 2 heterocycles. The van der Waals surface area contributed by atoms with Crippen LogP contribution in [0.2, 0.25) is 0 Å². The van der Waals surface area contributed by atoms with Crippen molar-refractivity contribution in [2.45, 2.75) is 63.9 Å². The van der Waals surface area contributed by atoms with Gasteiger partial charge in [-0.2, -0.15) is 0 Å². The van der Waals surface area contributed by atoms with E-state index >= 15 is 0 Å². The van der Waals surface area contributed by atoms with Crippen molar-refractivity contribution < 1.29 is 0 Å². The zero-order valence-corrected chi connectivity index (χ0v) is 13.7. The lowest BCUT2D eigenvalue weighted by Gasteiger charge is -2.34. The molecule has 0 bridgehead atoms. The van der Waals surface area contributed by atoms with E-state index in [1.54, 1.807) is 0 Å². The van der Waals surface area contributed by atoms with E-state index in [2.05, 4.69) is 22.5 Å². The molecule has 1 aromatic heterocycles. The molecule has 4 heteroatoms. The third-order valence-corrected chi connectivity index (χ3v) is 5.38. The minimum absolute atomic E-state index is 0.167. The van der Waals surface area contributed by atoms with E-state index in [1.807, 2.05) is 0 Å². The summed E-state index contributed by atoms with van der Waals surface area (Å²) < 4.78 is 2.12. The molecule has 2 aliphatic rings. The van der Waals surface area contributed by atoms with Gasteiger partial charge in [0, 0.05) is 36.8 Å². The molecule has 0 N–H and O–H groups in total. The van der Waals surface area contributed by atoms with Crippen LogP contribution in [0, 0.1) is 0 Å². The summed E-state index contributed by atoms with van der Waals surface area (Å²) in [4.78, 5) is 15.2. The van der Waals surface area contributed by atoms with Gasteiger partial charge in [0.15, 0.2) is 0 Å². The Bertz CT molecular complexity index is 561. The van der Waals surface area contributed by atoms with E-state index in [4.69, 9.17) is 11.6 Å². The Morgan fingerprint density at radius 3 is 2.71 bits per heavy atom. The van der Waals surface area contributed by atoms with Crippen LogP contribution >= 0.6 is 11.6 Å². The first-order valence-corrected chi connectivity index (χ1v) is 8.82. The first kappa shape index (κ1) is 15.1. The molecule has 0 spiro atoms. The van der Waals surface area contributed by atoms with Crippen molar-refractivity contribution in [2.24, 2.45) is 0 Å². The molecule has 1 aliphatic carbocycles. The topological polar surface area (TPSA) is 25.2 Å². The number of rotatable bonds is 3. The molecule has 1 fully saturated rings. The molecule has 0 atom stereocenters. The van der Waals surface area contributed by atoms with Crippen LogP contribution in [0.1, 0.15) is 61.9 Å². The standard InChI is InChI=1S/C17H25ClN2O/c1-2-19-9-8-16-14(12-19)10-13(11-18)17(21)20(16)15-6-4-3-5-7-15/h10,15H,2-9,11-12H2,1H3. The summed E-state index contributed by atoms with van der Waals surface area (Å²) in [5.41, 5.74) is 3.55. The smallest absolute Gasteiger partial charge is 0.255 e. The Hall–Kier alpha value is -0.800. The molecule has 3 nitrogen and oxygen atoms in total. The van der Waals surface area contributed by atoms with Crippen molar-refractivity contribution in [3.05, 3.63) is 33.2 Å². The minimum Gasteiger partial charge on any atom is -0.309 e. The molecular formula is C17H25ClN2O. The van der Waals surface area contributed by atoms with Crippen molar-refractivity contribution in [1.82, 2.24) is 9.47 Å². The maximum atomic E-state index is 12.8. The first-order valence-electron chi connectivity index (χ1n) is 8.29. The highest BCUT2D eigenvalue weighted by molar-refractivity contribution is 6.17. The SMILES string of the molecule is CCN1CCc2c(cc(CCl)c(=O)n2C2CCCCC2)C1. The van der Waals surface area contributed by atoms with Gasteiger partial charge in [-0.05, 0) is 31.0 Å². The van der Waals surface area contributed by atoms with Crippen LogP contribution in [0.15, 0.2) is 10.9 Å². The van der Waals surface area contributed by atoms with E-state index in [-0.39, 0.29) is 5.56 Å². The lowest BCUT2D eigenvalue weighted by Crippen LogP contribution is -2.38. The Morgan fingerprint density at radius 2 is 2.05 bits per heavy atom. The van der Waals surface area contributed by atoms with Crippen molar-refractivity contribution in [3.8, 4) is 0 Å². The molecule has 1 aromatic rings. The maximum absolute atomic E-state index is 12.8. The van der Waals surface area contributed by atoms with Crippen LogP contribution in [0.3, 0.4) is 0 Å². The fourth-order valence-electron chi connectivity index (χ4n) is 3.88. The van der Waals surface area contributed by atoms with Crippen molar-refractivity contribution in [3.63, 3.8) is 0 Å². The monoisotopic (exact) mass is 308 g/mol. The second kappa shape index (κ2) is 6.53. The molecule has 116 valence electrons. The van der Waals surface area contributed by atoms with Gasteiger partial charge in [0.2, 0.25) is 0 Å². The lowest BCUT2D eigenvalue weighted by molar-refractivity contribution is 0.253. The number of aromatic nitrogens is 1. The maximum Gasteiger partial charge on any atom is 0.255 e. The van der Waals surface area contributed by atoms with Crippen LogP contribution in [0.25, 0.3) is 0 Å². The van der Waals surface area contributed by atoms with Gasteiger partial charge in [-0.25, -0.2) is 0 Å². The molecular weight excluding hydrogens is 284 g/mol. The van der Waals surface area contributed by atoms with E-state index in [1.165, 1.54) is 30.5 Å². The van der Waals surface area contributed by atoms with Crippen LogP contribution in [-0.4, -0.2) is 22.6 Å². The highest BCUT2D eigenvalue weighted by atomic mass is 35.5. The van der Waals surface area contributed by atoms with E-state index in [0.717, 1.165) is 44.5 Å². The van der Waals surface area contributed by atoms with Crippen LogP contribution < -0.4 is 5.56 Å². The number of nitrogens with zero attached hydrogens (tertiary/aromatic N) is 2. The van der Waals surface area contributed by atoms with Gasteiger partial charge in [0.05, 0.1) is 5.88 Å². The van der Waals surface area contributed by atoms with Crippen molar-refractivity contribution in [2.75, 3.05) is 13.1 Å². The number of likely N-dealkylation sites (N-methyl/N-ethyl adjacent to an activating group) is 1. The average molecular weight is 309 g/mol. The van der Waals surface area contributed by atoms with Gasteiger partial charge in [-0.1, -0.05) is 26.2 Å². The van der Waals surface area contributed by atoms with Crippen LogP contribution in [-0.2, 0) is 18.8 Å². The second-order valence-corrected chi connectivity index (χ2v) is 6.63. The predicted octanol–water partition coefficient (Wildman–Crippen LogP) is 3.47. The second-order valence-electron chi connectivity index (χ2n) is 6.36. The van der Waals surface area contributed by atoms with Crippen LogP contribution in [0.4, 0.5) is 0 Å². The van der Waals surface area contributed by atoms with Crippen molar-refractivity contribution >= 4 is 11.6 Å². The highest BCUT2D eigenvalue weighted by Crippen LogP contribution is 2.30. The quantitative estimate of drug-likeness (QED) is 0.799. The molecule has 21 heavy (non-hydrogen) atoms. The molecule has 1 aliphatic heterocycles. The molecule has 0 amide bonds. The summed E-state index contributed by atoms with van der Waals surface area (Å²) in [6.07, 6.45) is 7.10. The average Bonchev–Trinajstić information content (AvgIpc) is 2.54. The van der Waals surface area contributed by atoms with Gasteiger partial charge < -0.3 is 4.57 Å².